The number of rotatable bonds is 7. The monoisotopic (exact) mass is 405 g/mol. The first-order valence-electron chi connectivity index (χ1n) is 8.17. The van der Waals surface area contributed by atoms with Crippen molar-refractivity contribution in [2.75, 3.05) is 6.61 Å². The fourth-order valence-electron chi connectivity index (χ4n) is 2.53. The molecule has 3 N–H and O–H groups in total. The molecule has 1 amide bonds. The zero-order chi connectivity index (χ0) is 19.4. The molecule has 0 bridgehead atoms. The summed E-state index contributed by atoms with van der Waals surface area (Å²) in [6.45, 7) is 1.98. The van der Waals surface area contributed by atoms with Gasteiger partial charge in [-0.05, 0) is 36.8 Å². The van der Waals surface area contributed by atoms with Crippen LogP contribution in [0.1, 0.15) is 23.5 Å². The van der Waals surface area contributed by atoms with Crippen molar-refractivity contribution in [3.63, 3.8) is 0 Å². The van der Waals surface area contributed by atoms with Crippen LogP contribution in [-0.2, 0) is 26.2 Å². The average Bonchev–Trinajstić information content (AvgIpc) is 3.03. The molecular weight excluding hydrogens is 386 g/mol. The van der Waals surface area contributed by atoms with Crippen LogP contribution in [0.5, 0.6) is 0 Å². The van der Waals surface area contributed by atoms with Gasteiger partial charge in [0.2, 0.25) is 15.9 Å². The maximum absolute atomic E-state index is 12.0. The molecule has 9 heteroatoms. The Kier molecular flexibility index (Phi) is 5.85. The van der Waals surface area contributed by atoms with E-state index in [9.17, 15) is 13.2 Å². The summed E-state index contributed by atoms with van der Waals surface area (Å²) < 4.78 is 29.1. The van der Waals surface area contributed by atoms with Gasteiger partial charge in [0.1, 0.15) is 11.6 Å². The quantitative estimate of drug-likeness (QED) is 0.627. The Morgan fingerprint density at radius 3 is 2.59 bits per heavy atom. The molecule has 7 nitrogen and oxygen atoms in total. The highest BCUT2D eigenvalue weighted by atomic mass is 32.2. The highest BCUT2D eigenvalue weighted by Crippen LogP contribution is 2.22. The minimum absolute atomic E-state index is 0.0314. The maximum Gasteiger partial charge on any atom is 0.246 e. The molecule has 27 heavy (non-hydrogen) atoms. The zero-order valence-corrected chi connectivity index (χ0v) is 16.2. The Labute approximate surface area is 161 Å². The van der Waals surface area contributed by atoms with Crippen molar-refractivity contribution in [2.45, 2.75) is 24.5 Å². The van der Waals surface area contributed by atoms with Crippen molar-refractivity contribution >= 4 is 37.5 Å². The molecule has 1 heterocycles. The summed E-state index contributed by atoms with van der Waals surface area (Å²) in [6.07, 6.45) is 0. The molecule has 1 atom stereocenters. The number of carbonyl (C=O) groups is 1. The van der Waals surface area contributed by atoms with Crippen LogP contribution in [0.25, 0.3) is 10.2 Å². The van der Waals surface area contributed by atoms with E-state index in [4.69, 9.17) is 9.88 Å². The topological polar surface area (TPSA) is 111 Å². The van der Waals surface area contributed by atoms with Gasteiger partial charge in [-0.3, -0.25) is 4.79 Å². The Hall–Kier alpha value is -2.33. The normalized spacial score (nSPS) is 12.8. The third-order valence-electron chi connectivity index (χ3n) is 3.88. The number of sulfonamides is 1. The summed E-state index contributed by atoms with van der Waals surface area (Å²) in [6, 6.07) is 13.6. The fourth-order valence-corrected chi connectivity index (χ4v) is 3.95. The molecule has 0 spiro atoms. The summed E-state index contributed by atoms with van der Waals surface area (Å²) in [5.41, 5.74) is 1.68. The van der Waals surface area contributed by atoms with Gasteiger partial charge in [0.15, 0.2) is 0 Å². The van der Waals surface area contributed by atoms with E-state index in [0.717, 1.165) is 20.8 Å². The summed E-state index contributed by atoms with van der Waals surface area (Å²) >= 11 is 1.54. The predicted molar refractivity (Wildman–Crippen MR) is 104 cm³/mol. The third kappa shape index (κ3) is 5.10. The number of carbonyl (C=O) groups excluding carboxylic acids is 1. The van der Waals surface area contributed by atoms with Crippen molar-refractivity contribution < 1.29 is 17.9 Å². The molecule has 3 aromatic rings. The van der Waals surface area contributed by atoms with E-state index in [1.807, 2.05) is 24.3 Å². The highest BCUT2D eigenvalue weighted by molar-refractivity contribution is 7.89. The molecule has 0 aliphatic rings. The van der Waals surface area contributed by atoms with Crippen LogP contribution in [0.15, 0.2) is 53.4 Å². The third-order valence-corrected chi connectivity index (χ3v) is 5.82. The number of nitrogens with one attached hydrogen (secondary N) is 1. The van der Waals surface area contributed by atoms with Gasteiger partial charge in [0.05, 0.1) is 27.8 Å². The van der Waals surface area contributed by atoms with Gasteiger partial charge in [0.25, 0.3) is 0 Å². The lowest BCUT2D eigenvalue weighted by atomic mass is 10.1. The first-order chi connectivity index (χ1) is 12.8. The number of thiazole rings is 1. The lowest BCUT2D eigenvalue weighted by Crippen LogP contribution is -2.30. The molecule has 1 aromatic heterocycles. The standard InChI is InChI=1S/C18H19N3O4S2/c1-12(13-6-8-14(9-7-13)27(19,23)24)20-17(22)10-25-11-18-21-15-4-2-3-5-16(15)26-18/h2-9,12H,10-11H2,1H3,(H,20,22)(H2,19,23,24). The summed E-state index contributed by atoms with van der Waals surface area (Å²) in [5, 5.41) is 8.69. The SMILES string of the molecule is CC(NC(=O)COCc1nc2ccccc2s1)c1ccc(S(N)(=O)=O)cc1. The van der Waals surface area contributed by atoms with E-state index < -0.39 is 10.0 Å². The molecule has 0 saturated heterocycles. The highest BCUT2D eigenvalue weighted by Gasteiger charge is 2.12. The Balaban J connectivity index is 1.49. The van der Waals surface area contributed by atoms with E-state index in [1.165, 1.54) is 23.5 Å². The Morgan fingerprint density at radius 1 is 1.22 bits per heavy atom. The second-order valence-corrected chi connectivity index (χ2v) is 8.65. The maximum atomic E-state index is 12.0. The minimum atomic E-state index is -3.73. The van der Waals surface area contributed by atoms with Gasteiger partial charge in [-0.2, -0.15) is 0 Å². The number of amides is 1. The molecular formula is C18H19N3O4S2. The van der Waals surface area contributed by atoms with Crippen molar-refractivity contribution in [1.82, 2.24) is 10.3 Å². The van der Waals surface area contributed by atoms with Gasteiger partial charge >= 0.3 is 0 Å². The van der Waals surface area contributed by atoms with Crippen molar-refractivity contribution in [1.29, 1.82) is 0 Å². The molecule has 142 valence electrons. The molecule has 0 radical (unpaired) electrons. The Morgan fingerprint density at radius 2 is 1.93 bits per heavy atom. The summed E-state index contributed by atoms with van der Waals surface area (Å²) in [7, 11) is -3.73. The average molecular weight is 406 g/mol. The van der Waals surface area contributed by atoms with Crippen LogP contribution in [0.4, 0.5) is 0 Å². The van der Waals surface area contributed by atoms with Crippen LogP contribution in [0.2, 0.25) is 0 Å². The van der Waals surface area contributed by atoms with Gasteiger partial charge in [0, 0.05) is 0 Å². The largest absolute Gasteiger partial charge is 0.364 e. The first kappa shape index (κ1) is 19.4. The Bertz CT molecular complexity index is 1010. The van der Waals surface area contributed by atoms with Crippen LogP contribution in [-0.4, -0.2) is 25.9 Å². The number of hydrogen-bond acceptors (Lipinski definition) is 6. The van der Waals surface area contributed by atoms with E-state index >= 15 is 0 Å². The number of benzene rings is 2. The number of nitrogens with two attached hydrogens (primary N) is 1. The molecule has 0 fully saturated rings. The molecule has 0 aliphatic heterocycles. The van der Waals surface area contributed by atoms with Crippen molar-refractivity contribution in [3.8, 4) is 0 Å². The number of ether oxygens (including phenoxy) is 1. The van der Waals surface area contributed by atoms with E-state index in [2.05, 4.69) is 10.3 Å². The molecule has 2 aromatic carbocycles. The lowest BCUT2D eigenvalue weighted by Gasteiger charge is -2.14. The van der Waals surface area contributed by atoms with Crippen LogP contribution < -0.4 is 10.5 Å². The number of primary sulfonamides is 1. The second-order valence-electron chi connectivity index (χ2n) is 5.97. The lowest BCUT2D eigenvalue weighted by molar-refractivity contribution is -0.126. The number of para-hydroxylation sites is 1. The van der Waals surface area contributed by atoms with E-state index in [0.29, 0.717) is 0 Å². The van der Waals surface area contributed by atoms with Gasteiger partial charge in [-0.1, -0.05) is 24.3 Å². The van der Waals surface area contributed by atoms with Crippen molar-refractivity contribution in [2.24, 2.45) is 5.14 Å². The van der Waals surface area contributed by atoms with Crippen LogP contribution in [0, 0.1) is 0 Å². The van der Waals surface area contributed by atoms with Gasteiger partial charge in [-0.15, -0.1) is 11.3 Å². The molecule has 0 saturated carbocycles. The second kappa shape index (κ2) is 8.13. The molecule has 3 rings (SSSR count). The fraction of sp³-hybridized carbons (Fsp3) is 0.222. The number of fused-ring (bicyclic) bond motifs is 1. The van der Waals surface area contributed by atoms with Gasteiger partial charge in [-0.25, -0.2) is 18.5 Å². The first-order valence-corrected chi connectivity index (χ1v) is 10.5. The van der Waals surface area contributed by atoms with E-state index in [-0.39, 0.29) is 30.1 Å². The number of hydrogen-bond donors (Lipinski definition) is 2. The number of aromatic nitrogens is 1. The van der Waals surface area contributed by atoms with Crippen LogP contribution in [0.3, 0.4) is 0 Å². The summed E-state index contributed by atoms with van der Waals surface area (Å²) in [5.74, 6) is -0.265. The molecule has 1 unspecified atom stereocenters. The smallest absolute Gasteiger partial charge is 0.246 e. The van der Waals surface area contributed by atoms with Gasteiger partial charge < -0.3 is 10.1 Å². The number of nitrogens with zero attached hydrogens (tertiary/aromatic N) is 1. The predicted octanol–water partition coefficient (Wildman–Crippen LogP) is 2.34. The van der Waals surface area contributed by atoms with E-state index in [1.54, 1.807) is 19.1 Å². The minimum Gasteiger partial charge on any atom is -0.364 e. The molecule has 0 aliphatic carbocycles. The zero-order valence-electron chi connectivity index (χ0n) is 14.6. The summed E-state index contributed by atoms with van der Waals surface area (Å²) in [4.78, 5) is 16.5. The van der Waals surface area contributed by atoms with Crippen LogP contribution >= 0.6 is 11.3 Å². The van der Waals surface area contributed by atoms with Crippen molar-refractivity contribution in [3.05, 3.63) is 59.1 Å².